The van der Waals surface area contributed by atoms with Gasteiger partial charge >= 0.3 is 8.80 Å². The van der Waals surface area contributed by atoms with Crippen LogP contribution in [0.1, 0.15) is 34.8 Å². The van der Waals surface area contributed by atoms with Crippen LogP contribution in [0, 0.1) is 0 Å². The van der Waals surface area contributed by atoms with Gasteiger partial charge in [0.2, 0.25) is 0 Å². The minimum atomic E-state index is -2.90. The number of anilines is 1. The summed E-state index contributed by atoms with van der Waals surface area (Å²) in [4.78, 5) is 13.6. The fraction of sp³-hybridized carbons (Fsp3) is 0.533. The summed E-state index contributed by atoms with van der Waals surface area (Å²) < 4.78 is 16.9. The molecule has 7 heteroatoms. The van der Waals surface area contributed by atoms with E-state index in [1.807, 2.05) is 38.1 Å². The number of para-hydroxylation sites is 1. The maximum atomic E-state index is 11.8. The fourth-order valence-electron chi connectivity index (χ4n) is 2.88. The predicted octanol–water partition coefficient (Wildman–Crippen LogP) is 1.76. The molecule has 1 aromatic rings. The Morgan fingerprint density at radius 1 is 1.23 bits per heavy atom. The molecule has 0 aliphatic carbocycles. The van der Waals surface area contributed by atoms with E-state index in [-0.39, 0.29) is 5.54 Å². The van der Waals surface area contributed by atoms with E-state index in [9.17, 15) is 4.79 Å². The van der Waals surface area contributed by atoms with Crippen molar-refractivity contribution in [2.45, 2.75) is 18.9 Å². The molecule has 1 atom stereocenters. The van der Waals surface area contributed by atoms with Crippen LogP contribution in [0.2, 0.25) is 0 Å². The molecule has 124 valence electrons. The van der Waals surface area contributed by atoms with Crippen LogP contribution >= 0.6 is 0 Å². The molecule has 0 fully saturated rings. The molecule has 1 amide bonds. The fourth-order valence-corrected chi connectivity index (χ4v) is 5.35. The van der Waals surface area contributed by atoms with E-state index >= 15 is 0 Å². The van der Waals surface area contributed by atoms with Gasteiger partial charge in [0.25, 0.3) is 5.91 Å². The van der Waals surface area contributed by atoms with Crippen molar-refractivity contribution in [3.63, 3.8) is 0 Å². The number of rotatable bonds is 8. The third-order valence-electron chi connectivity index (χ3n) is 3.84. The Hall–Kier alpha value is -1.41. The van der Waals surface area contributed by atoms with E-state index in [2.05, 4.69) is 0 Å². The molecule has 0 aliphatic rings. The highest BCUT2D eigenvalue weighted by molar-refractivity contribution is 6.62. The Kier molecular flexibility index (Phi) is 6.55. The summed E-state index contributed by atoms with van der Waals surface area (Å²) in [7, 11) is 5.64. The zero-order valence-corrected chi connectivity index (χ0v) is 15.2. The van der Waals surface area contributed by atoms with Crippen LogP contribution < -0.4 is 10.6 Å². The number of carbonyl (C=O) groups is 1. The SMILES string of the molecule is CCC(c1cccc(C(N)=O)c1N(C)C)[Si](OC)(OC)OC. The second-order valence-electron chi connectivity index (χ2n) is 5.18. The van der Waals surface area contributed by atoms with E-state index in [0.29, 0.717) is 5.56 Å². The van der Waals surface area contributed by atoms with E-state index in [1.54, 1.807) is 27.4 Å². The first kappa shape index (κ1) is 18.6. The first-order chi connectivity index (χ1) is 10.4. The maximum absolute atomic E-state index is 11.8. The zero-order valence-electron chi connectivity index (χ0n) is 14.2. The lowest BCUT2D eigenvalue weighted by Gasteiger charge is -2.34. The molecule has 0 heterocycles. The highest BCUT2D eigenvalue weighted by atomic mass is 28.4. The summed E-state index contributed by atoms with van der Waals surface area (Å²) in [5.74, 6) is -0.458. The molecule has 0 saturated carbocycles. The third kappa shape index (κ3) is 3.32. The van der Waals surface area contributed by atoms with Gasteiger partial charge in [-0.15, -0.1) is 0 Å². The number of benzene rings is 1. The Balaban J connectivity index is 3.58. The van der Waals surface area contributed by atoms with E-state index in [4.69, 9.17) is 19.0 Å². The topological polar surface area (TPSA) is 74.0 Å². The minimum Gasteiger partial charge on any atom is -0.377 e. The number of carbonyl (C=O) groups excluding carboxylic acids is 1. The van der Waals surface area contributed by atoms with E-state index in [1.165, 1.54) is 0 Å². The molecule has 0 bridgehead atoms. The summed E-state index contributed by atoms with van der Waals surface area (Å²) in [6.45, 7) is 2.04. The second kappa shape index (κ2) is 7.73. The van der Waals surface area contributed by atoms with Gasteiger partial charge in [-0.2, -0.15) is 0 Å². The highest BCUT2D eigenvalue weighted by Crippen LogP contribution is 2.38. The van der Waals surface area contributed by atoms with Crippen molar-refractivity contribution in [1.82, 2.24) is 0 Å². The standard InChI is InChI=1S/C15H26N2O4Si/c1-7-13(22(19-4,20-5)21-6)11-9-8-10-12(15(16)18)14(11)17(2)3/h8-10,13H,7H2,1-6H3,(H2,16,18). The molecule has 2 N–H and O–H groups in total. The van der Waals surface area contributed by atoms with Crippen molar-refractivity contribution in [1.29, 1.82) is 0 Å². The average molecular weight is 326 g/mol. The summed E-state index contributed by atoms with van der Waals surface area (Å²) in [5.41, 5.74) is 7.63. The summed E-state index contributed by atoms with van der Waals surface area (Å²) in [5, 5.41) is 0. The van der Waals surface area contributed by atoms with Gasteiger partial charge in [-0.3, -0.25) is 4.79 Å². The molecule has 6 nitrogen and oxygen atoms in total. The van der Waals surface area contributed by atoms with Crippen LogP contribution in [0.5, 0.6) is 0 Å². The Morgan fingerprint density at radius 2 is 1.77 bits per heavy atom. The third-order valence-corrected chi connectivity index (χ3v) is 7.12. The largest absolute Gasteiger partial charge is 0.508 e. The van der Waals surface area contributed by atoms with Crippen LogP contribution in [-0.4, -0.2) is 50.1 Å². The number of hydrogen-bond acceptors (Lipinski definition) is 5. The molecular weight excluding hydrogens is 300 g/mol. The number of primary amides is 1. The summed E-state index contributed by atoms with van der Waals surface area (Å²) >= 11 is 0. The second-order valence-corrected chi connectivity index (χ2v) is 8.31. The molecule has 1 aromatic carbocycles. The zero-order chi connectivity index (χ0) is 16.9. The Labute approximate surface area is 133 Å². The van der Waals surface area contributed by atoms with Crippen molar-refractivity contribution >= 4 is 20.4 Å². The lowest BCUT2D eigenvalue weighted by Crippen LogP contribution is -2.49. The lowest BCUT2D eigenvalue weighted by atomic mass is 10.0. The monoisotopic (exact) mass is 326 g/mol. The number of hydrogen-bond donors (Lipinski definition) is 1. The molecule has 0 radical (unpaired) electrons. The van der Waals surface area contributed by atoms with E-state index in [0.717, 1.165) is 17.7 Å². The van der Waals surface area contributed by atoms with Gasteiger partial charge in [0.1, 0.15) is 0 Å². The van der Waals surface area contributed by atoms with Gasteiger partial charge in [-0.05, 0) is 18.1 Å². The molecule has 0 spiro atoms. The first-order valence-electron chi connectivity index (χ1n) is 7.13. The quantitative estimate of drug-likeness (QED) is 0.737. The molecule has 0 aromatic heterocycles. The predicted molar refractivity (Wildman–Crippen MR) is 89.1 cm³/mol. The van der Waals surface area contributed by atoms with Crippen molar-refractivity contribution in [3.05, 3.63) is 29.3 Å². The van der Waals surface area contributed by atoms with Crippen LogP contribution in [0.3, 0.4) is 0 Å². The van der Waals surface area contributed by atoms with Crippen molar-refractivity contribution in [2.75, 3.05) is 40.3 Å². The molecule has 22 heavy (non-hydrogen) atoms. The van der Waals surface area contributed by atoms with Gasteiger partial charge < -0.3 is 23.9 Å². The van der Waals surface area contributed by atoms with E-state index < -0.39 is 14.7 Å². The normalized spacial score (nSPS) is 13.0. The molecular formula is C15H26N2O4Si. The Morgan fingerprint density at radius 3 is 2.14 bits per heavy atom. The van der Waals surface area contributed by atoms with Gasteiger partial charge in [0.15, 0.2) is 0 Å². The first-order valence-corrected chi connectivity index (χ1v) is 8.94. The summed E-state index contributed by atoms with van der Waals surface area (Å²) in [6, 6.07) is 5.52. The van der Waals surface area contributed by atoms with Gasteiger partial charge in [0, 0.05) is 35.4 Å². The van der Waals surface area contributed by atoms with Crippen molar-refractivity contribution in [3.8, 4) is 0 Å². The van der Waals surface area contributed by atoms with Crippen LogP contribution in [0.15, 0.2) is 18.2 Å². The highest BCUT2D eigenvalue weighted by Gasteiger charge is 2.48. The van der Waals surface area contributed by atoms with Crippen LogP contribution in [0.4, 0.5) is 5.69 Å². The number of nitrogens with zero attached hydrogens (tertiary/aromatic N) is 1. The van der Waals surface area contributed by atoms with Crippen LogP contribution in [0.25, 0.3) is 0 Å². The minimum absolute atomic E-state index is 0.0933. The Bertz CT molecular complexity index is 510. The van der Waals surface area contributed by atoms with Crippen molar-refractivity contribution < 1.29 is 18.1 Å². The van der Waals surface area contributed by atoms with Gasteiger partial charge in [0.05, 0.1) is 16.8 Å². The molecule has 1 rings (SSSR count). The summed E-state index contributed by atoms with van der Waals surface area (Å²) in [6.07, 6.45) is 0.755. The van der Waals surface area contributed by atoms with Gasteiger partial charge in [-0.1, -0.05) is 19.1 Å². The number of amides is 1. The molecule has 0 saturated heterocycles. The smallest absolute Gasteiger partial charge is 0.377 e. The van der Waals surface area contributed by atoms with Crippen LogP contribution in [-0.2, 0) is 13.3 Å². The maximum Gasteiger partial charge on any atom is 0.508 e. The number of nitrogens with two attached hydrogens (primary N) is 1. The van der Waals surface area contributed by atoms with Crippen molar-refractivity contribution in [2.24, 2.45) is 5.73 Å². The molecule has 0 aliphatic heterocycles. The van der Waals surface area contributed by atoms with Gasteiger partial charge in [-0.25, -0.2) is 0 Å². The average Bonchev–Trinajstić information content (AvgIpc) is 2.51. The molecule has 1 unspecified atom stereocenters. The lowest BCUT2D eigenvalue weighted by molar-refractivity contribution is 0.0999.